The molecule has 1 aromatic carbocycles. The molecule has 0 spiro atoms. The summed E-state index contributed by atoms with van der Waals surface area (Å²) in [5.41, 5.74) is 1.70. The Hall–Kier alpha value is -1.61. The molecule has 1 aromatic heterocycles. The van der Waals surface area contributed by atoms with E-state index in [4.69, 9.17) is 4.74 Å². The van der Waals surface area contributed by atoms with Crippen LogP contribution >= 0.6 is 0 Å². The van der Waals surface area contributed by atoms with Crippen molar-refractivity contribution in [1.82, 2.24) is 4.98 Å². The van der Waals surface area contributed by atoms with E-state index in [1.54, 1.807) is 6.92 Å². The zero-order chi connectivity index (χ0) is 12.4. The van der Waals surface area contributed by atoms with Gasteiger partial charge in [-0.05, 0) is 32.2 Å². The highest BCUT2D eigenvalue weighted by Gasteiger charge is 2.14. The van der Waals surface area contributed by atoms with E-state index < -0.39 is 6.10 Å². The van der Waals surface area contributed by atoms with Gasteiger partial charge in [0.25, 0.3) is 0 Å². The highest BCUT2D eigenvalue weighted by atomic mass is 16.5. The number of ether oxygens (including phenoxy) is 1. The molecule has 0 aliphatic heterocycles. The third-order valence-electron chi connectivity index (χ3n) is 2.81. The van der Waals surface area contributed by atoms with E-state index in [-0.39, 0.29) is 0 Å². The van der Waals surface area contributed by atoms with Crippen molar-refractivity contribution in [2.45, 2.75) is 26.9 Å². The van der Waals surface area contributed by atoms with E-state index in [1.807, 2.05) is 38.1 Å². The van der Waals surface area contributed by atoms with Crippen molar-refractivity contribution in [2.24, 2.45) is 0 Å². The lowest BCUT2D eigenvalue weighted by Gasteiger charge is -2.15. The van der Waals surface area contributed by atoms with E-state index in [0.29, 0.717) is 12.5 Å². The predicted octanol–water partition coefficient (Wildman–Crippen LogP) is 3.00. The first-order chi connectivity index (χ1) is 8.15. The first-order valence-electron chi connectivity index (χ1n) is 5.85. The Morgan fingerprint density at radius 2 is 1.94 bits per heavy atom. The summed E-state index contributed by atoms with van der Waals surface area (Å²) in [6.45, 7) is 6.19. The first-order valence-corrected chi connectivity index (χ1v) is 5.85. The highest BCUT2D eigenvalue weighted by Crippen LogP contribution is 2.31. The summed E-state index contributed by atoms with van der Waals surface area (Å²) < 4.78 is 5.54. The number of fused-ring (bicyclic) bond motifs is 1. The van der Waals surface area contributed by atoms with Gasteiger partial charge >= 0.3 is 0 Å². The van der Waals surface area contributed by atoms with Crippen molar-refractivity contribution >= 4 is 10.8 Å². The molecule has 0 fully saturated rings. The molecule has 0 unspecified atom stereocenters. The summed E-state index contributed by atoms with van der Waals surface area (Å²) in [6.07, 6.45) is -0.525. The molecule has 0 bridgehead atoms. The zero-order valence-corrected chi connectivity index (χ0v) is 10.4. The molecule has 1 heterocycles. The van der Waals surface area contributed by atoms with Crippen molar-refractivity contribution in [2.75, 3.05) is 6.61 Å². The Bertz CT molecular complexity index is 535. The number of aryl methyl sites for hydroxylation is 1. The van der Waals surface area contributed by atoms with Crippen LogP contribution in [0.25, 0.3) is 10.8 Å². The lowest BCUT2D eigenvalue weighted by molar-refractivity contribution is 0.199. The van der Waals surface area contributed by atoms with Gasteiger partial charge in [0, 0.05) is 16.6 Å². The van der Waals surface area contributed by atoms with E-state index in [2.05, 4.69) is 4.98 Å². The summed E-state index contributed by atoms with van der Waals surface area (Å²) >= 11 is 0. The normalized spacial score (nSPS) is 12.7. The van der Waals surface area contributed by atoms with Crippen LogP contribution in [0.5, 0.6) is 5.88 Å². The summed E-state index contributed by atoms with van der Waals surface area (Å²) in [7, 11) is 0. The number of hydrogen-bond donors (Lipinski definition) is 1. The summed E-state index contributed by atoms with van der Waals surface area (Å²) in [4.78, 5) is 4.43. The smallest absolute Gasteiger partial charge is 0.221 e. The molecule has 17 heavy (non-hydrogen) atoms. The van der Waals surface area contributed by atoms with Gasteiger partial charge in [-0.15, -0.1) is 0 Å². The monoisotopic (exact) mass is 231 g/mol. The van der Waals surface area contributed by atoms with Crippen LogP contribution in [0.1, 0.15) is 31.2 Å². The van der Waals surface area contributed by atoms with E-state index in [1.165, 1.54) is 0 Å². The Balaban J connectivity index is 2.77. The lowest BCUT2D eigenvalue weighted by atomic mass is 10.0. The molecular weight excluding hydrogens is 214 g/mol. The minimum Gasteiger partial charge on any atom is -0.478 e. The fourth-order valence-electron chi connectivity index (χ4n) is 2.15. The van der Waals surface area contributed by atoms with Crippen molar-refractivity contribution in [3.63, 3.8) is 0 Å². The SMILES string of the molecule is CCOc1nc(C)c([C@H](C)O)c2ccccc12. The van der Waals surface area contributed by atoms with Crippen LogP contribution in [0.2, 0.25) is 0 Å². The predicted molar refractivity (Wildman–Crippen MR) is 68.3 cm³/mol. The number of hydrogen-bond acceptors (Lipinski definition) is 3. The fraction of sp³-hybridized carbons (Fsp3) is 0.357. The van der Waals surface area contributed by atoms with Gasteiger partial charge < -0.3 is 9.84 Å². The third-order valence-corrected chi connectivity index (χ3v) is 2.81. The molecule has 0 radical (unpaired) electrons. The standard InChI is InChI=1S/C14H17NO2/c1-4-17-14-12-8-6-5-7-11(12)13(10(3)16)9(2)15-14/h5-8,10,16H,4H2,1-3H3/t10-/m0/s1. The van der Waals surface area contributed by atoms with Crippen LogP contribution in [0.15, 0.2) is 24.3 Å². The molecule has 0 amide bonds. The Morgan fingerprint density at radius 3 is 2.53 bits per heavy atom. The van der Waals surface area contributed by atoms with Gasteiger partial charge in [-0.2, -0.15) is 0 Å². The van der Waals surface area contributed by atoms with Crippen molar-refractivity contribution in [3.8, 4) is 5.88 Å². The second kappa shape index (κ2) is 4.72. The van der Waals surface area contributed by atoms with Gasteiger partial charge in [0.1, 0.15) is 0 Å². The number of aromatic nitrogens is 1. The molecule has 2 aromatic rings. The van der Waals surface area contributed by atoms with Gasteiger partial charge in [0.05, 0.1) is 12.7 Å². The van der Waals surface area contributed by atoms with Gasteiger partial charge in [0.2, 0.25) is 5.88 Å². The minimum absolute atomic E-state index is 0.525. The largest absolute Gasteiger partial charge is 0.478 e. The molecule has 0 saturated carbocycles. The van der Waals surface area contributed by atoms with Crippen molar-refractivity contribution in [1.29, 1.82) is 0 Å². The van der Waals surface area contributed by atoms with Crippen LogP contribution in [-0.2, 0) is 0 Å². The number of aliphatic hydroxyl groups excluding tert-OH is 1. The maximum atomic E-state index is 9.84. The first kappa shape index (κ1) is 11.9. The molecule has 0 aliphatic carbocycles. The number of benzene rings is 1. The number of rotatable bonds is 3. The highest BCUT2D eigenvalue weighted by molar-refractivity contribution is 5.90. The molecule has 1 atom stereocenters. The summed E-state index contributed by atoms with van der Waals surface area (Å²) in [6, 6.07) is 7.88. The quantitative estimate of drug-likeness (QED) is 0.883. The van der Waals surface area contributed by atoms with Crippen LogP contribution in [-0.4, -0.2) is 16.7 Å². The second-order valence-electron chi connectivity index (χ2n) is 4.07. The van der Waals surface area contributed by atoms with Gasteiger partial charge in [-0.25, -0.2) is 4.98 Å². The van der Waals surface area contributed by atoms with Gasteiger partial charge in [-0.1, -0.05) is 18.2 Å². The van der Waals surface area contributed by atoms with Crippen molar-refractivity contribution < 1.29 is 9.84 Å². The molecule has 3 heteroatoms. The van der Waals surface area contributed by atoms with Gasteiger partial charge in [-0.3, -0.25) is 0 Å². The minimum atomic E-state index is -0.525. The Labute approximate surface area is 101 Å². The summed E-state index contributed by atoms with van der Waals surface area (Å²) in [5.74, 6) is 0.644. The average molecular weight is 231 g/mol. The number of nitrogens with zero attached hydrogens (tertiary/aromatic N) is 1. The number of aliphatic hydroxyl groups is 1. The van der Waals surface area contributed by atoms with E-state index in [9.17, 15) is 5.11 Å². The van der Waals surface area contributed by atoms with Crippen LogP contribution in [0.4, 0.5) is 0 Å². The lowest BCUT2D eigenvalue weighted by Crippen LogP contribution is -2.03. The molecule has 90 valence electrons. The molecule has 1 N–H and O–H groups in total. The van der Waals surface area contributed by atoms with Gasteiger partial charge in [0.15, 0.2) is 0 Å². The molecule has 0 aliphatic rings. The van der Waals surface area contributed by atoms with E-state index >= 15 is 0 Å². The Morgan fingerprint density at radius 1 is 1.29 bits per heavy atom. The maximum Gasteiger partial charge on any atom is 0.221 e. The van der Waals surface area contributed by atoms with Crippen LogP contribution in [0, 0.1) is 6.92 Å². The molecule has 3 nitrogen and oxygen atoms in total. The number of pyridine rings is 1. The Kier molecular flexibility index (Phi) is 3.29. The topological polar surface area (TPSA) is 42.4 Å². The average Bonchev–Trinajstić information content (AvgIpc) is 2.28. The summed E-state index contributed by atoms with van der Waals surface area (Å²) in [5, 5.41) is 11.8. The van der Waals surface area contributed by atoms with Crippen LogP contribution in [0.3, 0.4) is 0 Å². The maximum absolute atomic E-state index is 9.84. The van der Waals surface area contributed by atoms with Crippen molar-refractivity contribution in [3.05, 3.63) is 35.5 Å². The fourth-order valence-corrected chi connectivity index (χ4v) is 2.15. The third kappa shape index (κ3) is 2.11. The van der Waals surface area contributed by atoms with Crippen LogP contribution < -0.4 is 4.74 Å². The zero-order valence-electron chi connectivity index (χ0n) is 10.4. The van der Waals surface area contributed by atoms with E-state index in [0.717, 1.165) is 22.0 Å². The second-order valence-corrected chi connectivity index (χ2v) is 4.07. The molecular formula is C14H17NO2. The molecule has 2 rings (SSSR count). The molecule has 0 saturated heterocycles.